The lowest BCUT2D eigenvalue weighted by molar-refractivity contribution is -0.138. The smallest absolute Gasteiger partial charge is 0.330 e. The van der Waals surface area contributed by atoms with Crippen molar-refractivity contribution in [2.24, 2.45) is 5.92 Å². The number of ether oxygens (including phenoxy) is 1. The van der Waals surface area contributed by atoms with Crippen LogP contribution in [0.5, 0.6) is 0 Å². The topological polar surface area (TPSA) is 26.3 Å². The summed E-state index contributed by atoms with van der Waals surface area (Å²) >= 11 is 0. The van der Waals surface area contributed by atoms with Gasteiger partial charge in [-0.05, 0) is 27.8 Å². The maximum atomic E-state index is 11.3. The van der Waals surface area contributed by atoms with E-state index in [-0.39, 0.29) is 12.6 Å². The molecule has 2 nitrogen and oxygen atoms in total. The lowest BCUT2D eigenvalue weighted by Gasteiger charge is -2.35. The summed E-state index contributed by atoms with van der Waals surface area (Å²) in [4.78, 5) is 11.3. The predicted molar refractivity (Wildman–Crippen MR) is 88.0 cm³/mol. The van der Waals surface area contributed by atoms with E-state index in [1.807, 2.05) is 6.07 Å². The highest BCUT2D eigenvalue weighted by Gasteiger charge is 2.33. The molecule has 0 saturated carbocycles. The zero-order chi connectivity index (χ0) is 15.1. The van der Waals surface area contributed by atoms with Gasteiger partial charge in [0, 0.05) is 17.9 Å². The molecule has 0 amide bonds. The average molecular weight is 288 g/mol. The van der Waals surface area contributed by atoms with Crippen molar-refractivity contribution in [2.75, 3.05) is 0 Å². The van der Waals surface area contributed by atoms with Gasteiger partial charge >= 0.3 is 5.97 Å². The van der Waals surface area contributed by atoms with E-state index >= 15 is 0 Å². The molecule has 0 saturated heterocycles. The van der Waals surface area contributed by atoms with E-state index in [0.29, 0.717) is 11.8 Å². The molecule has 1 aromatic carbocycles. The van der Waals surface area contributed by atoms with Crippen molar-refractivity contribution in [2.45, 2.75) is 12.5 Å². The number of rotatable bonds is 3. The molecule has 0 N–H and O–H groups in total. The molecule has 3 aliphatic carbocycles. The fourth-order valence-electron chi connectivity index (χ4n) is 3.54. The van der Waals surface area contributed by atoms with Crippen LogP contribution in [-0.4, -0.2) is 5.97 Å². The van der Waals surface area contributed by atoms with E-state index in [0.717, 1.165) is 5.56 Å². The Bertz CT molecular complexity index is 790. The summed E-state index contributed by atoms with van der Waals surface area (Å²) < 4.78 is 5.23. The second kappa shape index (κ2) is 4.99. The van der Waals surface area contributed by atoms with Crippen molar-refractivity contribution >= 4 is 18.1 Å². The van der Waals surface area contributed by atoms with Crippen LogP contribution < -0.4 is 0 Å². The Hall–Kier alpha value is -2.61. The number of benzene rings is 1. The molecule has 2 heteroatoms. The first-order valence-electron chi connectivity index (χ1n) is 7.47. The number of carbonyl (C=O) groups is 1. The normalized spacial score (nSPS) is 22.8. The molecule has 2 atom stereocenters. The maximum Gasteiger partial charge on any atom is 0.330 e. The zero-order valence-corrected chi connectivity index (χ0v) is 12.2. The van der Waals surface area contributed by atoms with Gasteiger partial charge in [0.05, 0.1) is 0 Å². The highest BCUT2D eigenvalue weighted by molar-refractivity contribution is 5.81. The fraction of sp³-hybridized carbons (Fsp3) is 0.150. The van der Waals surface area contributed by atoms with Gasteiger partial charge in [0.1, 0.15) is 6.61 Å². The molecule has 0 spiro atoms. The third kappa shape index (κ3) is 1.92. The van der Waals surface area contributed by atoms with Crippen molar-refractivity contribution in [3.63, 3.8) is 0 Å². The summed E-state index contributed by atoms with van der Waals surface area (Å²) in [5, 5.41) is 0. The predicted octanol–water partition coefficient (Wildman–Crippen LogP) is 4.17. The minimum absolute atomic E-state index is 0.286. The minimum Gasteiger partial charge on any atom is -0.458 e. The van der Waals surface area contributed by atoms with Gasteiger partial charge in [-0.1, -0.05) is 61.2 Å². The molecule has 108 valence electrons. The van der Waals surface area contributed by atoms with Gasteiger partial charge in [0.25, 0.3) is 0 Å². The lowest BCUT2D eigenvalue weighted by Crippen LogP contribution is -2.21. The van der Waals surface area contributed by atoms with Gasteiger partial charge in [0.15, 0.2) is 0 Å². The first-order chi connectivity index (χ1) is 10.8. The summed E-state index contributed by atoms with van der Waals surface area (Å²) in [6.07, 6.45) is 16.6. The molecule has 0 aromatic heterocycles. The standard InChI is InChI=1S/C20H16O2/c1-2-18(21)22-12-16-9-8-15-7-6-13-4-3-5-14-10-11-17(16)20(15)19(13)14/h2-11,13,19H,1,12H2. The first-order valence-corrected chi connectivity index (χ1v) is 7.47. The summed E-state index contributed by atoms with van der Waals surface area (Å²) in [7, 11) is 0. The second-order valence-electron chi connectivity index (χ2n) is 5.75. The molecular weight excluding hydrogens is 272 g/mol. The van der Waals surface area contributed by atoms with Gasteiger partial charge in [0.2, 0.25) is 0 Å². The van der Waals surface area contributed by atoms with Crippen molar-refractivity contribution in [3.05, 3.63) is 83.0 Å². The monoisotopic (exact) mass is 288 g/mol. The van der Waals surface area contributed by atoms with E-state index < -0.39 is 0 Å². The zero-order valence-electron chi connectivity index (χ0n) is 12.2. The molecular formula is C20H16O2. The Balaban J connectivity index is 1.80. The Labute approximate surface area is 129 Å². The molecule has 22 heavy (non-hydrogen) atoms. The minimum atomic E-state index is -0.385. The van der Waals surface area contributed by atoms with Gasteiger partial charge < -0.3 is 4.74 Å². The van der Waals surface area contributed by atoms with E-state index in [2.05, 4.69) is 55.2 Å². The van der Waals surface area contributed by atoms with Gasteiger partial charge in [-0.25, -0.2) is 4.79 Å². The molecule has 0 fully saturated rings. The first kappa shape index (κ1) is 13.1. The van der Waals surface area contributed by atoms with Crippen LogP contribution in [0.1, 0.15) is 28.2 Å². The molecule has 2 unspecified atom stereocenters. The third-order valence-electron chi connectivity index (χ3n) is 4.57. The summed E-state index contributed by atoms with van der Waals surface area (Å²) in [5.74, 6) is 0.422. The Morgan fingerprint density at radius 3 is 3.00 bits per heavy atom. The number of hydrogen-bond acceptors (Lipinski definition) is 2. The van der Waals surface area contributed by atoms with Crippen molar-refractivity contribution in [1.82, 2.24) is 0 Å². The Morgan fingerprint density at radius 2 is 2.14 bits per heavy atom. The Kier molecular flexibility index (Phi) is 2.97. The molecule has 3 aliphatic rings. The summed E-state index contributed by atoms with van der Waals surface area (Å²) in [5.41, 5.74) is 6.22. The van der Waals surface area contributed by atoms with E-state index in [4.69, 9.17) is 4.74 Å². The molecule has 0 aliphatic heterocycles. The number of esters is 1. The van der Waals surface area contributed by atoms with Gasteiger partial charge in [-0.3, -0.25) is 0 Å². The number of carbonyl (C=O) groups excluding carboxylic acids is 1. The molecule has 0 radical (unpaired) electrons. The van der Waals surface area contributed by atoms with Gasteiger partial charge in [-0.15, -0.1) is 0 Å². The quantitative estimate of drug-likeness (QED) is 0.616. The number of hydrogen-bond donors (Lipinski definition) is 0. The van der Waals surface area contributed by atoms with E-state index in [1.54, 1.807) is 0 Å². The second-order valence-corrected chi connectivity index (χ2v) is 5.75. The lowest BCUT2D eigenvalue weighted by atomic mass is 9.68. The highest BCUT2D eigenvalue weighted by Crippen LogP contribution is 2.47. The van der Waals surface area contributed by atoms with Crippen LogP contribution in [0, 0.1) is 5.92 Å². The van der Waals surface area contributed by atoms with Crippen LogP contribution in [0.2, 0.25) is 0 Å². The fourth-order valence-corrected chi connectivity index (χ4v) is 3.54. The third-order valence-corrected chi connectivity index (χ3v) is 4.57. The summed E-state index contributed by atoms with van der Waals surface area (Å²) in [6.45, 7) is 3.72. The molecule has 4 rings (SSSR count). The molecule has 0 bridgehead atoms. The van der Waals surface area contributed by atoms with Crippen LogP contribution >= 0.6 is 0 Å². The Morgan fingerprint density at radius 1 is 1.23 bits per heavy atom. The molecule has 1 aromatic rings. The van der Waals surface area contributed by atoms with Crippen LogP contribution in [0.15, 0.2) is 60.7 Å². The highest BCUT2D eigenvalue weighted by atomic mass is 16.5. The van der Waals surface area contributed by atoms with Crippen molar-refractivity contribution in [3.8, 4) is 0 Å². The van der Waals surface area contributed by atoms with Crippen LogP contribution in [-0.2, 0) is 16.1 Å². The van der Waals surface area contributed by atoms with Crippen LogP contribution in [0.25, 0.3) is 12.2 Å². The van der Waals surface area contributed by atoms with E-state index in [1.165, 1.54) is 28.3 Å². The molecule has 0 heterocycles. The maximum absolute atomic E-state index is 11.3. The van der Waals surface area contributed by atoms with Crippen molar-refractivity contribution in [1.29, 1.82) is 0 Å². The van der Waals surface area contributed by atoms with Crippen LogP contribution in [0.4, 0.5) is 0 Å². The van der Waals surface area contributed by atoms with Crippen molar-refractivity contribution < 1.29 is 9.53 Å². The SMILES string of the molecule is C=CC(=O)OCc1ccc2c3c1C=CC1=CC=CC(C=C2)C13. The number of allylic oxidation sites excluding steroid dienone is 6. The van der Waals surface area contributed by atoms with Gasteiger partial charge in [-0.2, -0.15) is 0 Å². The largest absolute Gasteiger partial charge is 0.458 e. The summed E-state index contributed by atoms with van der Waals surface area (Å²) in [6, 6.07) is 4.17. The van der Waals surface area contributed by atoms with Crippen LogP contribution in [0.3, 0.4) is 0 Å². The van der Waals surface area contributed by atoms with E-state index in [9.17, 15) is 4.79 Å². The average Bonchev–Trinajstić information content (AvgIpc) is 2.58.